The Kier molecular flexibility index (Phi) is 4.77. The van der Waals surface area contributed by atoms with E-state index in [1.54, 1.807) is 36.7 Å². The normalized spacial score (nSPS) is 10.1. The maximum Gasteiger partial charge on any atom is 0.229 e. The van der Waals surface area contributed by atoms with Gasteiger partial charge in [-0.25, -0.2) is 9.97 Å². The molecule has 0 spiro atoms. The van der Waals surface area contributed by atoms with Crippen LogP contribution in [-0.4, -0.2) is 20.9 Å². The van der Waals surface area contributed by atoms with E-state index in [9.17, 15) is 4.79 Å². The van der Waals surface area contributed by atoms with Crippen molar-refractivity contribution >= 4 is 11.7 Å². The number of anilines is 1. The number of aromatic nitrogens is 3. The average molecular weight is 329 g/mol. The largest absolute Gasteiger partial charge is 0.310 e. The zero-order valence-electron chi connectivity index (χ0n) is 13.6. The molecule has 0 aliphatic carbocycles. The smallest absolute Gasteiger partial charge is 0.229 e. The van der Waals surface area contributed by atoms with Crippen LogP contribution in [-0.2, 0) is 11.2 Å². The highest BCUT2D eigenvalue weighted by molar-refractivity contribution is 5.92. The summed E-state index contributed by atoms with van der Waals surface area (Å²) in [6, 6.07) is 14.5. The number of pyridine rings is 1. The quantitative estimate of drug-likeness (QED) is 0.794. The van der Waals surface area contributed by atoms with Gasteiger partial charge in [0, 0.05) is 18.0 Å². The molecule has 25 heavy (non-hydrogen) atoms. The molecule has 1 N–H and O–H groups in total. The van der Waals surface area contributed by atoms with Crippen LogP contribution in [0.3, 0.4) is 0 Å². The summed E-state index contributed by atoms with van der Waals surface area (Å²) < 4.78 is 0. The molecule has 3 rings (SSSR count). The molecule has 6 nitrogen and oxygen atoms in total. The lowest BCUT2D eigenvalue weighted by Crippen LogP contribution is -2.16. The Labute approximate surface area is 145 Å². The highest BCUT2D eigenvalue weighted by Gasteiger charge is 2.10. The Balaban J connectivity index is 1.75. The zero-order chi connectivity index (χ0) is 17.6. The van der Waals surface area contributed by atoms with Gasteiger partial charge in [-0.2, -0.15) is 5.26 Å². The van der Waals surface area contributed by atoms with Gasteiger partial charge < -0.3 is 5.32 Å². The van der Waals surface area contributed by atoms with Gasteiger partial charge in [-0.05, 0) is 36.8 Å². The van der Waals surface area contributed by atoms with Crippen LogP contribution < -0.4 is 5.32 Å². The maximum absolute atomic E-state index is 12.3. The first-order chi connectivity index (χ1) is 12.2. The SMILES string of the molecule is Cc1cnc(-c2ccccn2)nc1NC(=O)Cc1ccc(C#N)cc1. The molecular formula is C19H15N5O. The van der Waals surface area contributed by atoms with Crippen molar-refractivity contribution < 1.29 is 4.79 Å². The van der Waals surface area contributed by atoms with E-state index in [4.69, 9.17) is 5.26 Å². The van der Waals surface area contributed by atoms with E-state index in [2.05, 4.69) is 26.3 Å². The molecule has 1 amide bonds. The van der Waals surface area contributed by atoms with Crippen LogP contribution in [0.25, 0.3) is 11.5 Å². The Morgan fingerprint density at radius 2 is 1.96 bits per heavy atom. The van der Waals surface area contributed by atoms with Crippen molar-refractivity contribution in [2.45, 2.75) is 13.3 Å². The van der Waals surface area contributed by atoms with Crippen molar-refractivity contribution in [1.29, 1.82) is 5.26 Å². The lowest BCUT2D eigenvalue weighted by atomic mass is 10.1. The van der Waals surface area contributed by atoms with E-state index in [1.807, 2.05) is 25.1 Å². The Bertz CT molecular complexity index is 930. The topological polar surface area (TPSA) is 91.6 Å². The fourth-order valence-corrected chi connectivity index (χ4v) is 2.25. The maximum atomic E-state index is 12.3. The molecule has 0 radical (unpaired) electrons. The van der Waals surface area contributed by atoms with Crippen molar-refractivity contribution in [3.05, 3.63) is 71.5 Å². The first-order valence-electron chi connectivity index (χ1n) is 7.69. The Morgan fingerprint density at radius 1 is 1.16 bits per heavy atom. The van der Waals surface area contributed by atoms with Gasteiger partial charge in [0.2, 0.25) is 5.91 Å². The lowest BCUT2D eigenvalue weighted by Gasteiger charge is -2.09. The molecule has 0 atom stereocenters. The highest BCUT2D eigenvalue weighted by Crippen LogP contribution is 2.17. The summed E-state index contributed by atoms with van der Waals surface area (Å²) in [5, 5.41) is 11.6. The summed E-state index contributed by atoms with van der Waals surface area (Å²) in [6.45, 7) is 1.83. The fraction of sp³-hybridized carbons (Fsp3) is 0.105. The van der Waals surface area contributed by atoms with Crippen LogP contribution >= 0.6 is 0 Å². The van der Waals surface area contributed by atoms with Gasteiger partial charge >= 0.3 is 0 Å². The van der Waals surface area contributed by atoms with E-state index >= 15 is 0 Å². The van der Waals surface area contributed by atoms with Crippen molar-refractivity contribution in [1.82, 2.24) is 15.0 Å². The third-order valence-electron chi connectivity index (χ3n) is 3.57. The van der Waals surface area contributed by atoms with Crippen molar-refractivity contribution in [2.24, 2.45) is 0 Å². The number of nitrogens with one attached hydrogen (secondary N) is 1. The van der Waals surface area contributed by atoms with E-state index in [-0.39, 0.29) is 12.3 Å². The molecule has 0 saturated heterocycles. The molecule has 2 heterocycles. The van der Waals surface area contributed by atoms with Crippen LogP contribution in [0.15, 0.2) is 54.9 Å². The summed E-state index contributed by atoms with van der Waals surface area (Å²) in [5.41, 5.74) is 2.81. The molecule has 6 heteroatoms. The van der Waals surface area contributed by atoms with Gasteiger partial charge in [0.25, 0.3) is 0 Å². The van der Waals surface area contributed by atoms with Gasteiger partial charge in [0.05, 0.1) is 18.1 Å². The van der Waals surface area contributed by atoms with Crippen molar-refractivity contribution in [3.63, 3.8) is 0 Å². The summed E-state index contributed by atoms with van der Waals surface area (Å²) >= 11 is 0. The third kappa shape index (κ3) is 4.03. The van der Waals surface area contributed by atoms with E-state index < -0.39 is 0 Å². The summed E-state index contributed by atoms with van der Waals surface area (Å²) in [7, 11) is 0. The molecule has 0 aliphatic heterocycles. The number of rotatable bonds is 4. The summed E-state index contributed by atoms with van der Waals surface area (Å²) in [5.74, 6) is 0.743. The molecule has 122 valence electrons. The van der Waals surface area contributed by atoms with Crippen molar-refractivity contribution in [2.75, 3.05) is 5.32 Å². The minimum absolute atomic E-state index is 0.182. The van der Waals surface area contributed by atoms with Crippen LogP contribution in [0, 0.1) is 18.3 Å². The third-order valence-corrected chi connectivity index (χ3v) is 3.57. The number of nitrogens with zero attached hydrogens (tertiary/aromatic N) is 4. The molecule has 2 aromatic heterocycles. The molecule has 0 bridgehead atoms. The first kappa shape index (κ1) is 16.3. The highest BCUT2D eigenvalue weighted by atomic mass is 16.1. The first-order valence-corrected chi connectivity index (χ1v) is 7.69. The van der Waals surface area contributed by atoms with E-state index in [0.717, 1.165) is 11.1 Å². The second kappa shape index (κ2) is 7.32. The number of amides is 1. The zero-order valence-corrected chi connectivity index (χ0v) is 13.6. The predicted molar refractivity (Wildman–Crippen MR) is 93.5 cm³/mol. The standard InChI is InChI=1S/C19H15N5O/c1-13-12-22-19(16-4-2-3-9-21-16)24-18(13)23-17(25)10-14-5-7-15(11-20)8-6-14/h2-9,12H,10H2,1H3,(H,22,23,24,25). The second-order valence-corrected chi connectivity index (χ2v) is 5.47. The number of nitriles is 1. The van der Waals surface area contributed by atoms with Crippen LogP contribution in [0.1, 0.15) is 16.7 Å². The van der Waals surface area contributed by atoms with Gasteiger partial charge in [-0.15, -0.1) is 0 Å². The molecule has 3 aromatic rings. The number of carbonyl (C=O) groups excluding carboxylic acids is 1. The Hall–Kier alpha value is -3.59. The van der Waals surface area contributed by atoms with Crippen LogP contribution in [0.2, 0.25) is 0 Å². The van der Waals surface area contributed by atoms with Crippen molar-refractivity contribution in [3.8, 4) is 17.6 Å². The number of aryl methyl sites for hydroxylation is 1. The van der Waals surface area contributed by atoms with E-state index in [0.29, 0.717) is 22.9 Å². The average Bonchev–Trinajstić information content (AvgIpc) is 2.65. The minimum Gasteiger partial charge on any atom is -0.310 e. The summed E-state index contributed by atoms with van der Waals surface area (Å²) in [6.07, 6.45) is 3.53. The predicted octanol–water partition coefficient (Wildman–Crippen LogP) is 2.90. The molecular weight excluding hydrogens is 314 g/mol. The molecule has 1 aromatic carbocycles. The monoisotopic (exact) mass is 329 g/mol. The molecule has 0 aliphatic rings. The number of benzene rings is 1. The number of hydrogen-bond acceptors (Lipinski definition) is 5. The number of hydrogen-bond donors (Lipinski definition) is 1. The van der Waals surface area contributed by atoms with Gasteiger partial charge in [0.1, 0.15) is 11.5 Å². The van der Waals surface area contributed by atoms with Gasteiger partial charge in [-0.1, -0.05) is 18.2 Å². The van der Waals surface area contributed by atoms with Crippen LogP contribution in [0.4, 0.5) is 5.82 Å². The van der Waals surface area contributed by atoms with E-state index in [1.165, 1.54) is 0 Å². The van der Waals surface area contributed by atoms with Crippen LogP contribution in [0.5, 0.6) is 0 Å². The van der Waals surface area contributed by atoms with Gasteiger partial charge in [0.15, 0.2) is 5.82 Å². The minimum atomic E-state index is -0.182. The fourth-order valence-electron chi connectivity index (χ4n) is 2.25. The van der Waals surface area contributed by atoms with Gasteiger partial charge in [-0.3, -0.25) is 9.78 Å². The summed E-state index contributed by atoms with van der Waals surface area (Å²) in [4.78, 5) is 25.2. The lowest BCUT2D eigenvalue weighted by molar-refractivity contribution is -0.115. The molecule has 0 saturated carbocycles. The molecule has 0 unspecified atom stereocenters. The molecule has 0 fully saturated rings. The number of carbonyl (C=O) groups is 1. The Morgan fingerprint density at radius 3 is 2.64 bits per heavy atom. The second-order valence-electron chi connectivity index (χ2n) is 5.47.